The molecule has 0 saturated carbocycles. The molecule has 1 aromatic rings. The number of carbonyl (C=O) groups is 1. The first-order valence-corrected chi connectivity index (χ1v) is 5.71. The molecule has 0 atom stereocenters. The minimum atomic E-state index is -0.443. The number of benzene rings is 1. The average Bonchev–Trinajstić information content (AvgIpc) is 2.31. The number of rotatable bonds is 5. The second-order valence-corrected chi connectivity index (χ2v) is 4.78. The van der Waals surface area contributed by atoms with Gasteiger partial charge in [-0.1, -0.05) is 6.07 Å². The molecule has 1 rings (SSSR count). The Bertz CT molecular complexity index is 433. The Kier molecular flexibility index (Phi) is 4.67. The van der Waals surface area contributed by atoms with Crippen LogP contribution in [0.1, 0.15) is 19.4 Å². The number of amides is 1. The van der Waals surface area contributed by atoms with Crippen molar-refractivity contribution in [1.29, 1.82) is 0 Å². The summed E-state index contributed by atoms with van der Waals surface area (Å²) in [5, 5.41) is 2.81. The molecule has 3 N–H and O–H groups in total. The fourth-order valence-electron chi connectivity index (χ4n) is 1.47. The van der Waals surface area contributed by atoms with Gasteiger partial charge in [-0.25, -0.2) is 4.39 Å². The van der Waals surface area contributed by atoms with Gasteiger partial charge < -0.3 is 15.8 Å². The average molecular weight is 254 g/mol. The molecular weight excluding hydrogens is 235 g/mol. The van der Waals surface area contributed by atoms with Crippen LogP contribution in [0.3, 0.4) is 0 Å². The fraction of sp³-hybridized carbons (Fsp3) is 0.462. The quantitative estimate of drug-likeness (QED) is 0.830. The molecule has 100 valence electrons. The molecule has 0 aromatic heterocycles. The van der Waals surface area contributed by atoms with Gasteiger partial charge in [-0.2, -0.15) is 0 Å². The molecule has 4 nitrogen and oxygen atoms in total. The van der Waals surface area contributed by atoms with Crippen molar-refractivity contribution in [2.24, 2.45) is 5.73 Å². The maximum atomic E-state index is 13.2. The van der Waals surface area contributed by atoms with Crippen molar-refractivity contribution in [2.75, 3.05) is 13.7 Å². The second kappa shape index (κ2) is 5.82. The molecule has 0 heterocycles. The smallest absolute Gasteiger partial charge is 0.224 e. The van der Waals surface area contributed by atoms with E-state index in [4.69, 9.17) is 10.5 Å². The van der Waals surface area contributed by atoms with Crippen LogP contribution in [0.4, 0.5) is 4.39 Å². The third kappa shape index (κ3) is 4.00. The van der Waals surface area contributed by atoms with Crippen molar-refractivity contribution < 1.29 is 13.9 Å². The zero-order valence-corrected chi connectivity index (χ0v) is 10.9. The molecule has 0 aliphatic rings. The Hall–Kier alpha value is -1.62. The first-order valence-electron chi connectivity index (χ1n) is 5.71. The Morgan fingerprint density at radius 3 is 2.72 bits per heavy atom. The van der Waals surface area contributed by atoms with Crippen LogP contribution < -0.4 is 15.8 Å². The van der Waals surface area contributed by atoms with Crippen molar-refractivity contribution >= 4 is 5.91 Å². The minimum Gasteiger partial charge on any atom is -0.494 e. The highest BCUT2D eigenvalue weighted by Crippen LogP contribution is 2.18. The van der Waals surface area contributed by atoms with E-state index in [0.29, 0.717) is 12.1 Å². The van der Waals surface area contributed by atoms with Gasteiger partial charge in [0, 0.05) is 12.1 Å². The van der Waals surface area contributed by atoms with Crippen LogP contribution in [0.25, 0.3) is 0 Å². The number of carbonyl (C=O) groups excluding carboxylic acids is 1. The van der Waals surface area contributed by atoms with E-state index in [-0.39, 0.29) is 18.1 Å². The lowest BCUT2D eigenvalue weighted by Gasteiger charge is -2.24. The number of methoxy groups -OCH3 is 1. The molecule has 0 unspecified atom stereocenters. The molecule has 0 spiro atoms. The predicted molar refractivity (Wildman–Crippen MR) is 67.9 cm³/mol. The summed E-state index contributed by atoms with van der Waals surface area (Å²) in [6, 6.07) is 4.37. The Labute approximate surface area is 106 Å². The van der Waals surface area contributed by atoms with Gasteiger partial charge in [0.05, 0.1) is 13.5 Å². The molecule has 18 heavy (non-hydrogen) atoms. The monoisotopic (exact) mass is 254 g/mol. The van der Waals surface area contributed by atoms with Crippen LogP contribution in [0.5, 0.6) is 5.75 Å². The topological polar surface area (TPSA) is 64.3 Å². The highest BCUT2D eigenvalue weighted by Gasteiger charge is 2.18. The van der Waals surface area contributed by atoms with E-state index in [9.17, 15) is 9.18 Å². The molecule has 0 aliphatic heterocycles. The molecule has 0 radical (unpaired) electrons. The second-order valence-electron chi connectivity index (χ2n) is 4.78. The number of nitrogens with one attached hydrogen (secondary N) is 1. The third-order valence-electron chi connectivity index (χ3n) is 2.57. The van der Waals surface area contributed by atoms with E-state index in [0.717, 1.165) is 0 Å². The highest BCUT2D eigenvalue weighted by atomic mass is 19.1. The van der Waals surface area contributed by atoms with E-state index in [2.05, 4.69) is 5.32 Å². The van der Waals surface area contributed by atoms with Crippen LogP contribution in [-0.4, -0.2) is 25.1 Å². The maximum Gasteiger partial charge on any atom is 0.224 e. The van der Waals surface area contributed by atoms with Crippen LogP contribution in [0.2, 0.25) is 0 Å². The lowest BCUT2D eigenvalue weighted by molar-refractivity contribution is -0.121. The largest absolute Gasteiger partial charge is 0.494 e. The number of halogens is 1. The zero-order chi connectivity index (χ0) is 13.8. The van der Waals surface area contributed by atoms with Crippen LogP contribution in [0.15, 0.2) is 18.2 Å². The molecule has 1 aromatic carbocycles. The summed E-state index contributed by atoms with van der Waals surface area (Å²) >= 11 is 0. The van der Waals surface area contributed by atoms with E-state index >= 15 is 0 Å². The highest BCUT2D eigenvalue weighted by molar-refractivity contribution is 5.79. The Morgan fingerprint density at radius 1 is 1.50 bits per heavy atom. The van der Waals surface area contributed by atoms with E-state index in [1.54, 1.807) is 6.07 Å². The molecule has 0 bridgehead atoms. The number of hydrogen-bond donors (Lipinski definition) is 2. The van der Waals surface area contributed by atoms with Gasteiger partial charge >= 0.3 is 0 Å². The van der Waals surface area contributed by atoms with Crippen molar-refractivity contribution in [1.82, 2.24) is 5.32 Å². The summed E-state index contributed by atoms with van der Waals surface area (Å²) in [6.07, 6.45) is 0.167. The summed E-state index contributed by atoms with van der Waals surface area (Å²) in [6.45, 7) is 4.04. The molecule has 0 saturated heterocycles. The standard InChI is InChI=1S/C13H19FN2O2/c1-13(2,8-15)16-12(17)7-9-4-5-10(14)11(6-9)18-3/h4-6H,7-8,15H2,1-3H3,(H,16,17). The van der Waals surface area contributed by atoms with Gasteiger partial charge in [0.2, 0.25) is 5.91 Å². The Morgan fingerprint density at radius 2 is 2.17 bits per heavy atom. The van der Waals surface area contributed by atoms with Gasteiger partial charge in [-0.05, 0) is 31.5 Å². The number of nitrogens with two attached hydrogens (primary N) is 1. The fourth-order valence-corrected chi connectivity index (χ4v) is 1.47. The molecule has 1 amide bonds. The molecule has 0 aliphatic carbocycles. The zero-order valence-electron chi connectivity index (χ0n) is 10.9. The van der Waals surface area contributed by atoms with E-state index in [1.165, 1.54) is 19.2 Å². The maximum absolute atomic E-state index is 13.2. The summed E-state index contributed by atoms with van der Waals surface area (Å²) in [7, 11) is 1.39. The molecule has 5 heteroatoms. The lowest BCUT2D eigenvalue weighted by Crippen LogP contribution is -2.49. The summed E-state index contributed by atoms with van der Waals surface area (Å²) in [5.41, 5.74) is 5.78. The van der Waals surface area contributed by atoms with Gasteiger partial charge in [-0.15, -0.1) is 0 Å². The van der Waals surface area contributed by atoms with Crippen molar-refractivity contribution in [3.63, 3.8) is 0 Å². The summed E-state index contributed by atoms with van der Waals surface area (Å²) in [4.78, 5) is 11.8. The molecule has 0 fully saturated rings. The van der Waals surface area contributed by atoms with E-state index in [1.807, 2.05) is 13.8 Å². The summed E-state index contributed by atoms with van der Waals surface area (Å²) < 4.78 is 18.1. The van der Waals surface area contributed by atoms with E-state index < -0.39 is 11.4 Å². The van der Waals surface area contributed by atoms with Gasteiger partial charge in [0.1, 0.15) is 0 Å². The van der Waals surface area contributed by atoms with Crippen molar-refractivity contribution in [3.8, 4) is 5.75 Å². The first-order chi connectivity index (χ1) is 8.38. The van der Waals surface area contributed by atoms with Crippen LogP contribution >= 0.6 is 0 Å². The first kappa shape index (κ1) is 14.4. The normalized spacial score (nSPS) is 11.2. The SMILES string of the molecule is COc1cc(CC(=O)NC(C)(C)CN)ccc1F. The van der Waals surface area contributed by atoms with Gasteiger partial charge in [0.25, 0.3) is 0 Å². The predicted octanol–water partition coefficient (Wildman–Crippen LogP) is 1.23. The number of hydrogen-bond acceptors (Lipinski definition) is 3. The van der Waals surface area contributed by atoms with Crippen molar-refractivity contribution in [2.45, 2.75) is 25.8 Å². The Balaban J connectivity index is 2.70. The van der Waals surface area contributed by atoms with Gasteiger partial charge in [0.15, 0.2) is 11.6 Å². The summed E-state index contributed by atoms with van der Waals surface area (Å²) in [5.74, 6) is -0.457. The van der Waals surface area contributed by atoms with Crippen LogP contribution in [-0.2, 0) is 11.2 Å². The minimum absolute atomic E-state index is 0.137. The third-order valence-corrected chi connectivity index (χ3v) is 2.57. The number of ether oxygens (including phenoxy) is 1. The lowest BCUT2D eigenvalue weighted by atomic mass is 10.0. The van der Waals surface area contributed by atoms with Gasteiger partial charge in [-0.3, -0.25) is 4.79 Å². The van der Waals surface area contributed by atoms with Crippen LogP contribution in [0, 0.1) is 5.82 Å². The molecular formula is C13H19FN2O2. The van der Waals surface area contributed by atoms with Crippen molar-refractivity contribution in [3.05, 3.63) is 29.6 Å².